The topological polar surface area (TPSA) is 237 Å². The maximum Gasteiger partial charge on any atom is 0.472 e. The van der Waals surface area contributed by atoms with E-state index in [1.54, 1.807) is 0 Å². The molecule has 102 heavy (non-hydrogen) atoms. The number of esters is 4. The SMILES string of the molecule is CCCCC/C=C\C/C=C\C/C=C\C/C=C\CCCC(=O)OC[C@H](COP(=O)(O)OC[C@@H](O)COP(=O)(O)OC[C@@H](COC(=O)CCCCCCC/C=C\C=C/CCCCCC)OC(=O)CCCCCCC/C=C\C/C=C\CCCCC)OC(=O)CCCCCCC/C=C\C/C=C\CCCCC. The lowest BCUT2D eigenvalue weighted by molar-refractivity contribution is -0.161. The Morgan fingerprint density at radius 2 is 0.520 bits per heavy atom. The number of hydrogen-bond acceptors (Lipinski definition) is 15. The molecule has 0 rings (SSSR count). The maximum absolute atomic E-state index is 13.1. The lowest BCUT2D eigenvalue weighted by Gasteiger charge is -2.21. The molecule has 0 saturated heterocycles. The Balaban J connectivity index is 5.45. The van der Waals surface area contributed by atoms with E-state index in [4.69, 9.17) is 37.0 Å². The van der Waals surface area contributed by atoms with Crippen molar-refractivity contribution < 1.29 is 80.2 Å². The fraction of sp³-hybridized carbons (Fsp3) is 0.711. The van der Waals surface area contributed by atoms with Crippen LogP contribution in [0.4, 0.5) is 0 Å². The molecule has 0 aromatic carbocycles. The van der Waals surface area contributed by atoms with Gasteiger partial charge < -0.3 is 33.8 Å². The Kier molecular flexibility index (Phi) is 71.4. The van der Waals surface area contributed by atoms with Crippen molar-refractivity contribution in [2.24, 2.45) is 0 Å². The Hall–Kier alpha value is -4.54. The van der Waals surface area contributed by atoms with E-state index in [-0.39, 0.29) is 25.7 Å². The van der Waals surface area contributed by atoms with E-state index in [9.17, 15) is 43.2 Å². The lowest BCUT2D eigenvalue weighted by Crippen LogP contribution is -2.30. The van der Waals surface area contributed by atoms with Crippen LogP contribution in [0.1, 0.15) is 323 Å². The van der Waals surface area contributed by atoms with E-state index in [0.29, 0.717) is 32.1 Å². The van der Waals surface area contributed by atoms with Crippen LogP contribution < -0.4 is 0 Å². The molecule has 586 valence electrons. The van der Waals surface area contributed by atoms with Gasteiger partial charge >= 0.3 is 39.5 Å². The van der Waals surface area contributed by atoms with Crippen molar-refractivity contribution in [2.75, 3.05) is 39.6 Å². The molecule has 0 aliphatic heterocycles. The first-order valence-corrected chi connectivity index (χ1v) is 42.8. The van der Waals surface area contributed by atoms with E-state index < -0.39 is 97.5 Å². The summed E-state index contributed by atoms with van der Waals surface area (Å²) < 4.78 is 68.5. The maximum atomic E-state index is 13.1. The number of phosphoric acid groups is 2. The molecule has 0 aromatic rings. The largest absolute Gasteiger partial charge is 0.472 e. The molecular weight excluding hydrogens is 1330 g/mol. The summed E-state index contributed by atoms with van der Waals surface area (Å²) in [7, 11) is -9.99. The Bertz CT molecular complexity index is 2410. The van der Waals surface area contributed by atoms with E-state index in [1.165, 1.54) is 83.5 Å². The van der Waals surface area contributed by atoms with E-state index in [2.05, 4.69) is 137 Å². The first-order chi connectivity index (χ1) is 49.7. The average molecular weight is 1470 g/mol. The number of carbonyl (C=O) groups is 4. The van der Waals surface area contributed by atoms with Gasteiger partial charge in [0.25, 0.3) is 0 Å². The number of aliphatic hydroxyl groups is 1. The van der Waals surface area contributed by atoms with Gasteiger partial charge in [-0.05, 0) is 154 Å². The molecule has 0 aliphatic carbocycles. The van der Waals surface area contributed by atoms with Crippen LogP contribution in [0.3, 0.4) is 0 Å². The summed E-state index contributed by atoms with van der Waals surface area (Å²) in [6, 6.07) is 0. The van der Waals surface area contributed by atoms with Crippen molar-refractivity contribution in [3.63, 3.8) is 0 Å². The summed E-state index contributed by atoms with van der Waals surface area (Å²) >= 11 is 0. The van der Waals surface area contributed by atoms with Crippen LogP contribution in [0.5, 0.6) is 0 Å². The van der Waals surface area contributed by atoms with Crippen molar-refractivity contribution in [3.8, 4) is 0 Å². The highest BCUT2D eigenvalue weighted by Gasteiger charge is 2.30. The summed E-state index contributed by atoms with van der Waals surface area (Å²) in [4.78, 5) is 73.0. The third kappa shape index (κ3) is 73.8. The second kappa shape index (κ2) is 74.7. The van der Waals surface area contributed by atoms with Gasteiger partial charge in [-0.3, -0.25) is 37.3 Å². The van der Waals surface area contributed by atoms with Crippen LogP contribution in [0.25, 0.3) is 0 Å². The zero-order chi connectivity index (χ0) is 74.6. The minimum atomic E-state index is -5.00. The molecule has 19 heteroatoms. The summed E-state index contributed by atoms with van der Waals surface area (Å²) in [5.41, 5.74) is 0. The van der Waals surface area contributed by atoms with Crippen molar-refractivity contribution in [2.45, 2.75) is 341 Å². The van der Waals surface area contributed by atoms with Gasteiger partial charge in [0.1, 0.15) is 19.3 Å². The van der Waals surface area contributed by atoms with E-state index in [1.807, 2.05) is 12.2 Å². The van der Waals surface area contributed by atoms with Gasteiger partial charge in [0.05, 0.1) is 26.4 Å². The summed E-state index contributed by atoms with van der Waals surface area (Å²) in [5.74, 6) is -2.28. The summed E-state index contributed by atoms with van der Waals surface area (Å²) in [6.45, 7) is 4.68. The van der Waals surface area contributed by atoms with Gasteiger partial charge in [0.2, 0.25) is 0 Å². The third-order valence-corrected chi connectivity index (χ3v) is 18.3. The number of ether oxygens (including phenoxy) is 4. The predicted molar refractivity (Wildman–Crippen MR) is 418 cm³/mol. The first-order valence-electron chi connectivity index (χ1n) is 39.8. The van der Waals surface area contributed by atoms with Gasteiger partial charge in [-0.15, -0.1) is 0 Å². The third-order valence-electron chi connectivity index (χ3n) is 16.4. The van der Waals surface area contributed by atoms with Crippen LogP contribution in [0.2, 0.25) is 0 Å². The van der Waals surface area contributed by atoms with Crippen molar-refractivity contribution in [1.29, 1.82) is 0 Å². The lowest BCUT2D eigenvalue weighted by atomic mass is 10.1. The molecule has 5 atom stereocenters. The molecule has 0 radical (unpaired) electrons. The summed E-state index contributed by atoms with van der Waals surface area (Å²) in [5, 5.41) is 10.6. The Morgan fingerprint density at radius 3 is 0.853 bits per heavy atom. The normalized spacial score (nSPS) is 14.5. The molecule has 2 unspecified atom stereocenters. The molecule has 0 fully saturated rings. The highest BCUT2D eigenvalue weighted by atomic mass is 31.2. The molecule has 0 heterocycles. The number of phosphoric ester groups is 2. The Labute approximate surface area is 619 Å². The molecular formula is C83H142O17P2. The highest BCUT2D eigenvalue weighted by Crippen LogP contribution is 2.45. The fourth-order valence-corrected chi connectivity index (χ4v) is 11.8. The molecule has 0 amide bonds. The average Bonchev–Trinajstić information content (AvgIpc) is 0.923. The summed E-state index contributed by atoms with van der Waals surface area (Å²) in [6.07, 6.45) is 81.8. The van der Waals surface area contributed by atoms with Crippen LogP contribution in [0.15, 0.2) is 122 Å². The van der Waals surface area contributed by atoms with Crippen molar-refractivity contribution in [3.05, 3.63) is 122 Å². The first kappa shape index (κ1) is 97.5. The minimum absolute atomic E-state index is 0.0648. The number of hydrogen-bond donors (Lipinski definition) is 3. The quantitative estimate of drug-likeness (QED) is 0.0128. The monoisotopic (exact) mass is 1470 g/mol. The van der Waals surface area contributed by atoms with Crippen LogP contribution >= 0.6 is 15.6 Å². The van der Waals surface area contributed by atoms with Gasteiger partial charge in [0.15, 0.2) is 12.2 Å². The second-order valence-electron chi connectivity index (χ2n) is 26.3. The van der Waals surface area contributed by atoms with Crippen LogP contribution in [-0.4, -0.2) is 96.7 Å². The minimum Gasteiger partial charge on any atom is -0.462 e. The number of allylic oxidation sites excluding steroid dienone is 20. The fourth-order valence-electron chi connectivity index (χ4n) is 10.3. The van der Waals surface area contributed by atoms with Gasteiger partial charge in [-0.25, -0.2) is 9.13 Å². The van der Waals surface area contributed by atoms with Crippen molar-refractivity contribution >= 4 is 39.5 Å². The number of carbonyl (C=O) groups excluding carboxylic acids is 4. The van der Waals surface area contributed by atoms with Crippen molar-refractivity contribution in [1.82, 2.24) is 0 Å². The molecule has 0 spiro atoms. The van der Waals surface area contributed by atoms with Crippen LogP contribution in [-0.2, 0) is 65.4 Å². The zero-order valence-electron chi connectivity index (χ0n) is 64.0. The standard InChI is InChI=1S/C83H142O17P2/c1-5-9-13-17-21-25-29-33-37-38-42-44-48-52-56-60-64-68-81(86)94-74-79(100-83(88)70-66-62-58-54-50-46-41-36-32-28-24-20-16-12-8-4)76-98-102(91,92)96-72-77(84)71-95-101(89,90)97-75-78(99-82(87)69-65-61-57-53-49-45-40-35-31-27-23-19-15-11-7-3)73-93-80(85)67-63-59-55-51-47-43-39-34-30-26-22-18-14-10-6-2/h21,23-28,30,33-37,39-42,44,52,56,77-79,84H,5-20,22,29,31-32,38,43,45-51,53-55,57-76H2,1-4H3,(H,89,90)(H,91,92)/b25-21-,27-23-,28-24-,30-26-,37-33-,39-34-,40-35-,41-36-,44-42-,56-52-/t77-,78+,79+/m0/s1. The number of unbranched alkanes of at least 4 members (excludes halogenated alkanes) is 29. The Morgan fingerprint density at radius 1 is 0.284 bits per heavy atom. The molecule has 3 N–H and O–H groups in total. The van der Waals surface area contributed by atoms with E-state index >= 15 is 0 Å². The van der Waals surface area contributed by atoms with Gasteiger partial charge in [-0.2, -0.15) is 0 Å². The number of aliphatic hydroxyl groups excluding tert-OH is 1. The molecule has 17 nitrogen and oxygen atoms in total. The predicted octanol–water partition coefficient (Wildman–Crippen LogP) is 23.1. The van der Waals surface area contributed by atoms with Crippen LogP contribution in [0, 0.1) is 0 Å². The van der Waals surface area contributed by atoms with Gasteiger partial charge in [0, 0.05) is 25.7 Å². The molecule has 0 aromatic heterocycles. The molecule has 0 bridgehead atoms. The molecule has 0 aliphatic rings. The molecule has 0 saturated carbocycles. The van der Waals surface area contributed by atoms with E-state index in [0.717, 1.165) is 154 Å². The number of rotatable bonds is 74. The smallest absolute Gasteiger partial charge is 0.462 e. The van der Waals surface area contributed by atoms with Gasteiger partial charge in [-0.1, -0.05) is 265 Å². The second-order valence-corrected chi connectivity index (χ2v) is 29.2. The highest BCUT2D eigenvalue weighted by molar-refractivity contribution is 7.47. The zero-order valence-corrected chi connectivity index (χ0v) is 65.8.